The molecule has 0 fully saturated rings. The third-order valence-corrected chi connectivity index (χ3v) is 3.38. The monoisotopic (exact) mass is 319 g/mol. The molecule has 0 atom stereocenters. The highest BCUT2D eigenvalue weighted by Gasteiger charge is 2.01. The number of carbonyl (C=O) groups is 1. The number of hydrogen-bond donors (Lipinski definition) is 1. The predicted octanol–water partition coefficient (Wildman–Crippen LogP) is 3.43. The first kappa shape index (κ1) is 15.8. The van der Waals surface area contributed by atoms with Gasteiger partial charge in [-0.2, -0.15) is 0 Å². The molecule has 0 saturated heterocycles. The summed E-state index contributed by atoms with van der Waals surface area (Å²) in [5.74, 6) is -0.223. The summed E-state index contributed by atoms with van der Waals surface area (Å²) >= 11 is 0. The van der Waals surface area contributed by atoms with Crippen LogP contribution in [0.15, 0.2) is 60.8 Å². The van der Waals surface area contributed by atoms with E-state index in [4.69, 9.17) is 4.74 Å². The van der Waals surface area contributed by atoms with Crippen LogP contribution < -0.4 is 5.32 Å². The van der Waals surface area contributed by atoms with E-state index in [0.717, 1.165) is 22.3 Å². The molecule has 0 radical (unpaired) electrons. The lowest BCUT2D eigenvalue weighted by molar-refractivity contribution is -0.111. The summed E-state index contributed by atoms with van der Waals surface area (Å²) < 4.78 is 5.09. The molecule has 0 aliphatic carbocycles. The van der Waals surface area contributed by atoms with Crippen molar-refractivity contribution < 1.29 is 9.53 Å². The minimum atomic E-state index is -0.223. The number of nitrogens with zero attached hydrogens (tertiary/aromatic N) is 2. The Morgan fingerprint density at radius 3 is 2.83 bits per heavy atom. The van der Waals surface area contributed by atoms with Gasteiger partial charge in [0.2, 0.25) is 5.91 Å². The van der Waals surface area contributed by atoms with Gasteiger partial charge >= 0.3 is 0 Å². The van der Waals surface area contributed by atoms with E-state index in [0.29, 0.717) is 12.3 Å². The molecule has 5 nitrogen and oxygen atoms in total. The van der Waals surface area contributed by atoms with Gasteiger partial charge < -0.3 is 10.1 Å². The van der Waals surface area contributed by atoms with Crippen LogP contribution in [0.2, 0.25) is 0 Å². The normalized spacial score (nSPS) is 11.0. The Morgan fingerprint density at radius 1 is 1.17 bits per heavy atom. The van der Waals surface area contributed by atoms with Crippen LogP contribution >= 0.6 is 0 Å². The van der Waals surface area contributed by atoms with Gasteiger partial charge in [-0.1, -0.05) is 24.3 Å². The van der Waals surface area contributed by atoms with Crippen molar-refractivity contribution in [1.82, 2.24) is 9.97 Å². The fourth-order valence-corrected chi connectivity index (χ4v) is 2.30. The van der Waals surface area contributed by atoms with Crippen molar-refractivity contribution in [3.05, 3.63) is 72.1 Å². The zero-order valence-electron chi connectivity index (χ0n) is 13.3. The number of fused-ring (bicyclic) bond motifs is 1. The van der Waals surface area contributed by atoms with Gasteiger partial charge in [0.05, 0.1) is 29.5 Å². The Bertz CT molecular complexity index is 890. The lowest BCUT2D eigenvalue weighted by Crippen LogP contribution is -2.08. The quantitative estimate of drug-likeness (QED) is 0.732. The zero-order valence-corrected chi connectivity index (χ0v) is 13.3. The van der Waals surface area contributed by atoms with Crippen molar-refractivity contribution in [2.75, 3.05) is 12.4 Å². The molecule has 1 amide bonds. The summed E-state index contributed by atoms with van der Waals surface area (Å²) in [7, 11) is 1.64. The number of para-hydroxylation sites is 2. The van der Waals surface area contributed by atoms with E-state index in [-0.39, 0.29) is 5.91 Å². The third kappa shape index (κ3) is 4.02. The van der Waals surface area contributed by atoms with Gasteiger partial charge in [0.25, 0.3) is 0 Å². The van der Waals surface area contributed by atoms with Crippen molar-refractivity contribution in [3.8, 4) is 0 Å². The number of aromatic nitrogens is 2. The summed E-state index contributed by atoms with van der Waals surface area (Å²) in [6, 6.07) is 15.1. The molecule has 5 heteroatoms. The minimum Gasteiger partial charge on any atom is -0.380 e. The van der Waals surface area contributed by atoms with Crippen LogP contribution in [0.1, 0.15) is 11.3 Å². The second-order valence-corrected chi connectivity index (χ2v) is 5.24. The predicted molar refractivity (Wildman–Crippen MR) is 94.4 cm³/mol. The first-order valence-corrected chi connectivity index (χ1v) is 7.53. The number of methoxy groups -OCH3 is 1. The molecule has 0 unspecified atom stereocenters. The number of nitrogens with one attached hydrogen (secondary N) is 1. The van der Waals surface area contributed by atoms with Crippen LogP contribution in [0.3, 0.4) is 0 Å². The topological polar surface area (TPSA) is 64.1 Å². The van der Waals surface area contributed by atoms with Crippen LogP contribution in [-0.2, 0) is 16.1 Å². The van der Waals surface area contributed by atoms with E-state index < -0.39 is 0 Å². The second-order valence-electron chi connectivity index (χ2n) is 5.24. The van der Waals surface area contributed by atoms with Gasteiger partial charge in [0.1, 0.15) is 0 Å². The van der Waals surface area contributed by atoms with Crippen LogP contribution in [0, 0.1) is 0 Å². The number of amides is 1. The van der Waals surface area contributed by atoms with Crippen molar-refractivity contribution in [2.45, 2.75) is 6.61 Å². The Hall–Kier alpha value is -3.05. The average Bonchev–Trinajstić information content (AvgIpc) is 2.60. The Labute approximate surface area is 140 Å². The lowest BCUT2D eigenvalue weighted by Gasteiger charge is -2.05. The Kier molecular flexibility index (Phi) is 4.93. The molecule has 1 N–H and O–H groups in total. The lowest BCUT2D eigenvalue weighted by atomic mass is 10.2. The van der Waals surface area contributed by atoms with Gasteiger partial charge in [-0.25, -0.2) is 4.98 Å². The van der Waals surface area contributed by atoms with E-state index in [2.05, 4.69) is 15.3 Å². The molecule has 0 aliphatic heterocycles. The van der Waals surface area contributed by atoms with Crippen LogP contribution in [-0.4, -0.2) is 23.0 Å². The number of hydrogen-bond acceptors (Lipinski definition) is 4. The van der Waals surface area contributed by atoms with Gasteiger partial charge in [-0.15, -0.1) is 0 Å². The van der Waals surface area contributed by atoms with Gasteiger partial charge in [0.15, 0.2) is 0 Å². The SMILES string of the molecule is COCc1cccc(NC(=O)/C=C/c2cnc3ccccc3n2)c1. The zero-order chi connectivity index (χ0) is 16.8. The Morgan fingerprint density at radius 2 is 2.00 bits per heavy atom. The van der Waals surface area contributed by atoms with Crippen molar-refractivity contribution in [1.29, 1.82) is 0 Å². The van der Waals surface area contributed by atoms with Gasteiger partial charge in [-0.3, -0.25) is 9.78 Å². The minimum absolute atomic E-state index is 0.223. The number of carbonyl (C=O) groups excluding carboxylic acids is 1. The largest absolute Gasteiger partial charge is 0.380 e. The van der Waals surface area contributed by atoms with Crippen molar-refractivity contribution >= 4 is 28.7 Å². The van der Waals surface area contributed by atoms with E-state index >= 15 is 0 Å². The number of benzene rings is 2. The van der Waals surface area contributed by atoms with Gasteiger partial charge in [0, 0.05) is 18.9 Å². The molecule has 0 saturated carbocycles. The number of rotatable bonds is 5. The maximum absolute atomic E-state index is 12.0. The van der Waals surface area contributed by atoms with Crippen LogP contribution in [0.4, 0.5) is 5.69 Å². The highest BCUT2D eigenvalue weighted by molar-refractivity contribution is 6.01. The van der Waals surface area contributed by atoms with E-state index in [1.165, 1.54) is 6.08 Å². The molecule has 0 aliphatic rings. The molecule has 1 aromatic heterocycles. The molecule has 0 bridgehead atoms. The highest BCUT2D eigenvalue weighted by Crippen LogP contribution is 2.12. The summed E-state index contributed by atoms with van der Waals surface area (Å²) in [6.07, 6.45) is 4.74. The van der Waals surface area contributed by atoms with Crippen LogP contribution in [0.5, 0.6) is 0 Å². The molecule has 2 aromatic carbocycles. The molecule has 0 spiro atoms. The summed E-state index contributed by atoms with van der Waals surface area (Å²) in [5, 5.41) is 2.82. The molecule has 3 rings (SSSR count). The molecule has 1 heterocycles. The fourth-order valence-electron chi connectivity index (χ4n) is 2.30. The standard InChI is InChI=1S/C19H17N3O2/c1-24-13-14-5-4-6-15(11-14)22-19(23)10-9-16-12-20-17-7-2-3-8-18(17)21-16/h2-12H,13H2,1H3,(H,22,23)/b10-9+. The summed E-state index contributed by atoms with van der Waals surface area (Å²) in [4.78, 5) is 20.8. The maximum atomic E-state index is 12.0. The Balaban J connectivity index is 1.69. The fraction of sp³-hybridized carbons (Fsp3) is 0.105. The smallest absolute Gasteiger partial charge is 0.248 e. The molecule has 120 valence electrons. The number of ether oxygens (including phenoxy) is 1. The molecule has 3 aromatic rings. The van der Waals surface area contributed by atoms with Crippen molar-refractivity contribution in [2.24, 2.45) is 0 Å². The maximum Gasteiger partial charge on any atom is 0.248 e. The van der Waals surface area contributed by atoms with E-state index in [9.17, 15) is 4.79 Å². The first-order chi connectivity index (χ1) is 11.7. The second kappa shape index (κ2) is 7.48. The number of anilines is 1. The van der Waals surface area contributed by atoms with Gasteiger partial charge in [-0.05, 0) is 35.9 Å². The van der Waals surface area contributed by atoms with E-state index in [1.807, 2.05) is 48.5 Å². The summed E-state index contributed by atoms with van der Waals surface area (Å²) in [5.41, 5.74) is 3.99. The molecule has 24 heavy (non-hydrogen) atoms. The van der Waals surface area contributed by atoms with Crippen molar-refractivity contribution in [3.63, 3.8) is 0 Å². The van der Waals surface area contributed by atoms with Crippen LogP contribution in [0.25, 0.3) is 17.1 Å². The first-order valence-electron chi connectivity index (χ1n) is 7.53. The average molecular weight is 319 g/mol. The molecular formula is C19H17N3O2. The third-order valence-electron chi connectivity index (χ3n) is 3.38. The summed E-state index contributed by atoms with van der Waals surface area (Å²) in [6.45, 7) is 0.506. The highest BCUT2D eigenvalue weighted by atomic mass is 16.5. The van der Waals surface area contributed by atoms with E-state index in [1.54, 1.807) is 19.4 Å². The molecular weight excluding hydrogens is 302 g/mol.